The van der Waals surface area contributed by atoms with E-state index in [-0.39, 0.29) is 6.54 Å². The maximum absolute atomic E-state index is 10.9. The average Bonchev–Trinajstić information content (AvgIpc) is 3.08. The highest BCUT2D eigenvalue weighted by Crippen LogP contribution is 2.24. The highest BCUT2D eigenvalue weighted by atomic mass is 35.5. The molecule has 2 aromatic heterocycles. The fraction of sp³-hybridized carbons (Fsp3) is 0.176. The maximum atomic E-state index is 10.9. The zero-order chi connectivity index (χ0) is 19.2. The number of benzene rings is 1. The van der Waals surface area contributed by atoms with E-state index in [9.17, 15) is 4.79 Å². The minimum absolute atomic E-state index is 0.00509. The van der Waals surface area contributed by atoms with E-state index in [0.717, 1.165) is 11.3 Å². The Morgan fingerprint density at radius 2 is 2.15 bits per heavy atom. The molecule has 0 fully saturated rings. The molecule has 0 atom stereocenters. The standard InChI is InChI=1S/C17H18ClN7O2/c1-27-14-5-3-2-4-11(14)6-20-16-13(18)8-21-17(24-16)23-12-7-22-25(9-12)10-15(19)26/h2-5,7-9H,6,10H2,1H3,(H2,19,26)(H2,20,21,23,24). The molecule has 0 unspecified atom stereocenters. The van der Waals surface area contributed by atoms with Crippen molar-refractivity contribution in [1.82, 2.24) is 19.7 Å². The Kier molecular flexibility index (Phi) is 5.72. The second kappa shape index (κ2) is 8.37. The number of methoxy groups -OCH3 is 1. The molecule has 0 saturated heterocycles. The molecule has 0 spiro atoms. The van der Waals surface area contributed by atoms with E-state index < -0.39 is 5.91 Å². The fourth-order valence-corrected chi connectivity index (χ4v) is 2.54. The number of para-hydroxylation sites is 1. The van der Waals surface area contributed by atoms with Crippen molar-refractivity contribution in [3.63, 3.8) is 0 Å². The van der Waals surface area contributed by atoms with Crippen molar-refractivity contribution in [2.24, 2.45) is 5.73 Å². The van der Waals surface area contributed by atoms with Crippen molar-refractivity contribution in [2.45, 2.75) is 13.1 Å². The van der Waals surface area contributed by atoms with Gasteiger partial charge in [-0.3, -0.25) is 9.48 Å². The van der Waals surface area contributed by atoms with Crippen molar-refractivity contribution in [2.75, 3.05) is 17.7 Å². The number of nitrogens with one attached hydrogen (secondary N) is 2. The van der Waals surface area contributed by atoms with E-state index in [1.54, 1.807) is 19.5 Å². The first kappa shape index (κ1) is 18.5. The van der Waals surface area contributed by atoms with Crippen molar-refractivity contribution in [3.8, 4) is 5.75 Å². The molecule has 9 nitrogen and oxygen atoms in total. The zero-order valence-electron chi connectivity index (χ0n) is 14.5. The first-order chi connectivity index (χ1) is 13.0. The maximum Gasteiger partial charge on any atom is 0.239 e. The molecule has 1 aromatic carbocycles. The second-order valence-corrected chi connectivity index (χ2v) is 5.98. The van der Waals surface area contributed by atoms with Gasteiger partial charge in [-0.15, -0.1) is 0 Å². The summed E-state index contributed by atoms with van der Waals surface area (Å²) in [6.45, 7) is 0.478. The molecule has 0 bridgehead atoms. The minimum Gasteiger partial charge on any atom is -0.496 e. The first-order valence-corrected chi connectivity index (χ1v) is 8.39. The van der Waals surface area contributed by atoms with Gasteiger partial charge in [-0.1, -0.05) is 29.8 Å². The molecule has 27 heavy (non-hydrogen) atoms. The predicted octanol–water partition coefficient (Wildman–Crippen LogP) is 2.18. The Morgan fingerprint density at radius 1 is 1.33 bits per heavy atom. The summed E-state index contributed by atoms with van der Waals surface area (Å²) in [7, 11) is 1.62. The van der Waals surface area contributed by atoms with E-state index >= 15 is 0 Å². The molecular weight excluding hydrogens is 370 g/mol. The number of nitrogens with two attached hydrogens (primary N) is 1. The van der Waals surface area contributed by atoms with Crippen LogP contribution in [0.5, 0.6) is 5.75 Å². The summed E-state index contributed by atoms with van der Waals surface area (Å²) >= 11 is 6.19. The summed E-state index contributed by atoms with van der Waals surface area (Å²) in [6.07, 6.45) is 4.67. The van der Waals surface area contributed by atoms with Gasteiger partial charge in [0.2, 0.25) is 11.9 Å². The SMILES string of the molecule is COc1ccccc1CNc1nc(Nc2cnn(CC(N)=O)c2)ncc1Cl. The molecule has 0 aliphatic rings. The van der Waals surface area contributed by atoms with Gasteiger partial charge in [0, 0.05) is 18.3 Å². The Hall–Kier alpha value is -3.33. The minimum atomic E-state index is -0.477. The van der Waals surface area contributed by atoms with E-state index in [4.69, 9.17) is 22.1 Å². The number of hydrogen-bond donors (Lipinski definition) is 3. The van der Waals surface area contributed by atoms with Crippen LogP contribution >= 0.6 is 11.6 Å². The summed E-state index contributed by atoms with van der Waals surface area (Å²) < 4.78 is 6.75. The third-order valence-electron chi connectivity index (χ3n) is 3.59. The summed E-state index contributed by atoms with van der Waals surface area (Å²) in [5.74, 6) is 1.11. The molecule has 0 radical (unpaired) electrons. The quantitative estimate of drug-likeness (QED) is 0.541. The summed E-state index contributed by atoms with van der Waals surface area (Å²) in [5.41, 5.74) is 6.74. The largest absolute Gasteiger partial charge is 0.496 e. The summed E-state index contributed by atoms with van der Waals surface area (Å²) in [4.78, 5) is 19.5. The third-order valence-corrected chi connectivity index (χ3v) is 3.87. The van der Waals surface area contributed by atoms with Gasteiger partial charge < -0.3 is 21.1 Å². The number of primary amides is 1. The molecule has 1 amide bonds. The van der Waals surface area contributed by atoms with Gasteiger partial charge in [0.25, 0.3) is 0 Å². The van der Waals surface area contributed by atoms with Crippen molar-refractivity contribution >= 4 is 35.0 Å². The van der Waals surface area contributed by atoms with Gasteiger partial charge in [-0.05, 0) is 6.07 Å². The van der Waals surface area contributed by atoms with Gasteiger partial charge in [0.05, 0.1) is 25.2 Å². The number of nitrogens with zero attached hydrogens (tertiary/aromatic N) is 4. The number of rotatable bonds is 8. The average molecular weight is 388 g/mol. The van der Waals surface area contributed by atoms with E-state index in [0.29, 0.717) is 29.0 Å². The van der Waals surface area contributed by atoms with Crippen LogP contribution in [0.25, 0.3) is 0 Å². The van der Waals surface area contributed by atoms with Gasteiger partial charge in [-0.2, -0.15) is 10.1 Å². The van der Waals surface area contributed by atoms with Gasteiger partial charge in [0.1, 0.15) is 17.3 Å². The smallest absolute Gasteiger partial charge is 0.239 e. The number of carbonyl (C=O) groups is 1. The zero-order valence-corrected chi connectivity index (χ0v) is 15.3. The van der Waals surface area contributed by atoms with Gasteiger partial charge in [-0.25, -0.2) is 4.98 Å². The number of aromatic nitrogens is 4. The fourth-order valence-electron chi connectivity index (χ4n) is 2.38. The van der Waals surface area contributed by atoms with Crippen LogP contribution in [0.15, 0.2) is 42.9 Å². The number of halogens is 1. The van der Waals surface area contributed by atoms with E-state index in [2.05, 4.69) is 25.7 Å². The molecule has 10 heteroatoms. The van der Waals surface area contributed by atoms with Crippen LogP contribution < -0.4 is 21.1 Å². The second-order valence-electron chi connectivity index (χ2n) is 5.57. The Morgan fingerprint density at radius 3 is 2.93 bits per heavy atom. The lowest BCUT2D eigenvalue weighted by Gasteiger charge is -2.11. The van der Waals surface area contributed by atoms with Crippen LogP contribution in [0.3, 0.4) is 0 Å². The topological polar surface area (TPSA) is 120 Å². The Balaban J connectivity index is 1.70. The number of amides is 1. The van der Waals surface area contributed by atoms with Crippen LogP contribution in [0.1, 0.15) is 5.56 Å². The van der Waals surface area contributed by atoms with E-state index in [1.807, 2.05) is 24.3 Å². The molecule has 0 aliphatic heterocycles. The molecule has 0 aliphatic carbocycles. The molecular formula is C17H18ClN7O2. The molecule has 3 aromatic rings. The Bertz CT molecular complexity index is 945. The van der Waals surface area contributed by atoms with Crippen molar-refractivity contribution < 1.29 is 9.53 Å². The van der Waals surface area contributed by atoms with Crippen LogP contribution in [0.4, 0.5) is 17.5 Å². The van der Waals surface area contributed by atoms with Gasteiger partial charge >= 0.3 is 0 Å². The van der Waals surface area contributed by atoms with Gasteiger partial charge in [0.15, 0.2) is 5.82 Å². The lowest BCUT2D eigenvalue weighted by atomic mass is 10.2. The predicted molar refractivity (Wildman–Crippen MR) is 102 cm³/mol. The van der Waals surface area contributed by atoms with Crippen molar-refractivity contribution in [3.05, 3.63) is 53.4 Å². The first-order valence-electron chi connectivity index (χ1n) is 8.01. The van der Waals surface area contributed by atoms with Crippen LogP contribution in [0, 0.1) is 0 Å². The molecule has 140 valence electrons. The highest BCUT2D eigenvalue weighted by molar-refractivity contribution is 6.32. The monoisotopic (exact) mass is 387 g/mol. The summed E-state index contributed by atoms with van der Waals surface area (Å²) in [6, 6.07) is 7.67. The molecule has 0 saturated carbocycles. The molecule has 3 rings (SSSR count). The summed E-state index contributed by atoms with van der Waals surface area (Å²) in [5, 5.41) is 10.6. The van der Waals surface area contributed by atoms with Crippen LogP contribution in [-0.4, -0.2) is 32.8 Å². The number of anilines is 3. The number of carbonyl (C=O) groups excluding carboxylic acids is 1. The normalized spacial score (nSPS) is 10.4. The third kappa shape index (κ3) is 4.85. The molecule has 2 heterocycles. The highest BCUT2D eigenvalue weighted by Gasteiger charge is 2.09. The lowest BCUT2D eigenvalue weighted by molar-refractivity contribution is -0.118. The van der Waals surface area contributed by atoms with Crippen molar-refractivity contribution in [1.29, 1.82) is 0 Å². The van der Waals surface area contributed by atoms with E-state index in [1.165, 1.54) is 10.9 Å². The lowest BCUT2D eigenvalue weighted by Crippen LogP contribution is -2.18. The molecule has 4 N–H and O–H groups in total. The number of hydrogen-bond acceptors (Lipinski definition) is 7. The Labute approximate surface area is 160 Å². The van der Waals surface area contributed by atoms with Crippen LogP contribution in [-0.2, 0) is 17.9 Å². The number of ether oxygens (including phenoxy) is 1. The van der Waals surface area contributed by atoms with Crippen LogP contribution in [0.2, 0.25) is 5.02 Å².